The van der Waals surface area contributed by atoms with Crippen LogP contribution in [0.1, 0.15) is 24.4 Å². The summed E-state index contributed by atoms with van der Waals surface area (Å²) in [5.74, 6) is 0.557. The summed E-state index contributed by atoms with van der Waals surface area (Å²) in [4.78, 5) is 24.7. The Morgan fingerprint density at radius 1 is 1.08 bits per heavy atom. The Morgan fingerprint density at radius 3 is 2.52 bits per heavy atom. The first-order chi connectivity index (χ1) is 12.0. The van der Waals surface area contributed by atoms with E-state index in [0.29, 0.717) is 30.4 Å². The van der Waals surface area contributed by atoms with Crippen molar-refractivity contribution in [2.24, 2.45) is 5.92 Å². The molecule has 0 bridgehead atoms. The average Bonchev–Trinajstić information content (AvgIpc) is 3.13. The molecule has 2 aromatic rings. The zero-order chi connectivity index (χ0) is 17.8. The van der Waals surface area contributed by atoms with Crippen molar-refractivity contribution in [3.8, 4) is 11.5 Å². The summed E-state index contributed by atoms with van der Waals surface area (Å²) in [5, 5.41) is 5.50. The molecule has 0 fully saturated rings. The number of ether oxygens (including phenoxy) is 2. The van der Waals surface area contributed by atoms with Crippen molar-refractivity contribution in [2.45, 2.75) is 19.9 Å². The van der Waals surface area contributed by atoms with Gasteiger partial charge in [0.15, 0.2) is 17.3 Å². The first-order valence-electron chi connectivity index (χ1n) is 8.09. The SMILES string of the molecule is CC(C)[C@@H](NC(=O)c1ccco1)C(=O)Nc1ccc2c(c1)OCCO2. The summed E-state index contributed by atoms with van der Waals surface area (Å²) in [6, 6.07) is 7.65. The minimum Gasteiger partial charge on any atom is -0.486 e. The molecule has 1 aromatic carbocycles. The van der Waals surface area contributed by atoms with E-state index in [4.69, 9.17) is 13.9 Å². The van der Waals surface area contributed by atoms with Gasteiger partial charge in [-0.2, -0.15) is 0 Å². The lowest BCUT2D eigenvalue weighted by atomic mass is 10.0. The van der Waals surface area contributed by atoms with Crippen molar-refractivity contribution in [2.75, 3.05) is 18.5 Å². The Bertz CT molecular complexity index is 755. The lowest BCUT2D eigenvalue weighted by molar-refractivity contribution is -0.118. The number of amides is 2. The Labute approximate surface area is 145 Å². The summed E-state index contributed by atoms with van der Waals surface area (Å²) in [7, 11) is 0. The maximum absolute atomic E-state index is 12.6. The molecular formula is C18H20N2O5. The highest BCUT2D eigenvalue weighted by Crippen LogP contribution is 2.32. The molecule has 0 saturated carbocycles. The Balaban J connectivity index is 1.69. The second kappa shape index (κ2) is 7.29. The Morgan fingerprint density at radius 2 is 1.84 bits per heavy atom. The van der Waals surface area contributed by atoms with Crippen molar-refractivity contribution in [1.29, 1.82) is 0 Å². The summed E-state index contributed by atoms with van der Waals surface area (Å²) in [6.07, 6.45) is 1.41. The first kappa shape index (κ1) is 16.9. The van der Waals surface area contributed by atoms with E-state index in [1.165, 1.54) is 6.26 Å². The summed E-state index contributed by atoms with van der Waals surface area (Å²) < 4.78 is 16.0. The zero-order valence-corrected chi connectivity index (χ0v) is 14.1. The van der Waals surface area contributed by atoms with E-state index in [-0.39, 0.29) is 17.6 Å². The first-order valence-corrected chi connectivity index (χ1v) is 8.09. The van der Waals surface area contributed by atoms with E-state index >= 15 is 0 Å². The number of carbonyl (C=O) groups is 2. The van der Waals surface area contributed by atoms with Gasteiger partial charge >= 0.3 is 0 Å². The molecule has 132 valence electrons. The monoisotopic (exact) mass is 344 g/mol. The summed E-state index contributed by atoms with van der Waals surface area (Å²) in [5.41, 5.74) is 0.576. The van der Waals surface area contributed by atoms with Crippen LogP contribution in [0.25, 0.3) is 0 Å². The molecule has 1 atom stereocenters. The fourth-order valence-corrected chi connectivity index (χ4v) is 2.50. The summed E-state index contributed by atoms with van der Waals surface area (Å²) in [6.45, 7) is 4.69. The van der Waals surface area contributed by atoms with Gasteiger partial charge < -0.3 is 24.5 Å². The van der Waals surface area contributed by atoms with E-state index in [1.54, 1.807) is 30.3 Å². The second-order valence-electron chi connectivity index (χ2n) is 6.02. The second-order valence-corrected chi connectivity index (χ2v) is 6.02. The van der Waals surface area contributed by atoms with Crippen molar-refractivity contribution < 1.29 is 23.5 Å². The highest BCUT2D eigenvalue weighted by Gasteiger charge is 2.26. The Kier molecular flexibility index (Phi) is 4.92. The van der Waals surface area contributed by atoms with Crippen LogP contribution < -0.4 is 20.1 Å². The molecule has 1 aliphatic rings. The molecule has 7 nitrogen and oxygen atoms in total. The third kappa shape index (κ3) is 3.93. The highest BCUT2D eigenvalue weighted by molar-refractivity contribution is 6.00. The van der Waals surface area contributed by atoms with Gasteiger partial charge in [0.05, 0.1) is 6.26 Å². The minimum atomic E-state index is -0.703. The minimum absolute atomic E-state index is 0.101. The van der Waals surface area contributed by atoms with Gasteiger partial charge in [0, 0.05) is 11.8 Å². The van der Waals surface area contributed by atoms with Gasteiger partial charge in [-0.05, 0) is 30.2 Å². The van der Waals surface area contributed by atoms with E-state index in [1.807, 2.05) is 13.8 Å². The normalized spacial score (nSPS) is 14.0. The molecule has 25 heavy (non-hydrogen) atoms. The largest absolute Gasteiger partial charge is 0.486 e. The maximum atomic E-state index is 12.6. The predicted molar refractivity (Wildman–Crippen MR) is 90.9 cm³/mol. The molecule has 3 rings (SSSR count). The number of carbonyl (C=O) groups excluding carboxylic acids is 2. The van der Waals surface area contributed by atoms with Crippen LogP contribution in [0.5, 0.6) is 11.5 Å². The van der Waals surface area contributed by atoms with Gasteiger partial charge in [0.2, 0.25) is 5.91 Å². The van der Waals surface area contributed by atoms with E-state index in [0.717, 1.165) is 0 Å². The highest BCUT2D eigenvalue weighted by atomic mass is 16.6. The van der Waals surface area contributed by atoms with Crippen LogP contribution >= 0.6 is 0 Å². The van der Waals surface area contributed by atoms with Crippen LogP contribution in [0.3, 0.4) is 0 Å². The van der Waals surface area contributed by atoms with Crippen molar-refractivity contribution in [3.63, 3.8) is 0 Å². The zero-order valence-electron chi connectivity index (χ0n) is 14.1. The summed E-state index contributed by atoms with van der Waals surface area (Å²) >= 11 is 0. The average molecular weight is 344 g/mol. The number of benzene rings is 1. The van der Waals surface area contributed by atoms with Gasteiger partial charge in [0.25, 0.3) is 5.91 Å². The van der Waals surface area contributed by atoms with E-state index < -0.39 is 11.9 Å². The topological polar surface area (TPSA) is 89.8 Å². The Hall–Kier alpha value is -2.96. The van der Waals surface area contributed by atoms with Crippen LogP contribution in [0, 0.1) is 5.92 Å². The van der Waals surface area contributed by atoms with E-state index in [9.17, 15) is 9.59 Å². The molecule has 0 radical (unpaired) electrons. The maximum Gasteiger partial charge on any atom is 0.287 e. The van der Waals surface area contributed by atoms with Crippen LogP contribution in [0.15, 0.2) is 41.0 Å². The third-order valence-corrected chi connectivity index (χ3v) is 3.79. The van der Waals surface area contributed by atoms with Gasteiger partial charge in [-0.3, -0.25) is 9.59 Å². The predicted octanol–water partition coefficient (Wildman–Crippen LogP) is 2.44. The number of hydrogen-bond donors (Lipinski definition) is 2. The molecule has 0 spiro atoms. The molecule has 0 saturated heterocycles. The number of fused-ring (bicyclic) bond motifs is 1. The van der Waals surface area contributed by atoms with Crippen LogP contribution in [-0.2, 0) is 4.79 Å². The molecular weight excluding hydrogens is 324 g/mol. The van der Waals surface area contributed by atoms with Gasteiger partial charge in [-0.1, -0.05) is 13.8 Å². The molecule has 1 aromatic heterocycles. The molecule has 1 aliphatic heterocycles. The fraction of sp³-hybridized carbons (Fsp3) is 0.333. The fourth-order valence-electron chi connectivity index (χ4n) is 2.50. The van der Waals surface area contributed by atoms with Gasteiger partial charge in [-0.25, -0.2) is 0 Å². The quantitative estimate of drug-likeness (QED) is 0.869. The van der Waals surface area contributed by atoms with Gasteiger partial charge in [-0.15, -0.1) is 0 Å². The molecule has 2 N–H and O–H groups in total. The molecule has 7 heteroatoms. The lowest BCUT2D eigenvalue weighted by Gasteiger charge is -2.22. The van der Waals surface area contributed by atoms with Crippen LogP contribution in [0.2, 0.25) is 0 Å². The van der Waals surface area contributed by atoms with Crippen LogP contribution in [-0.4, -0.2) is 31.1 Å². The van der Waals surface area contributed by atoms with Crippen LogP contribution in [0.4, 0.5) is 5.69 Å². The lowest BCUT2D eigenvalue weighted by Crippen LogP contribution is -2.47. The number of nitrogens with one attached hydrogen (secondary N) is 2. The number of rotatable bonds is 5. The molecule has 0 aliphatic carbocycles. The van der Waals surface area contributed by atoms with Crippen molar-refractivity contribution >= 4 is 17.5 Å². The smallest absolute Gasteiger partial charge is 0.287 e. The van der Waals surface area contributed by atoms with Crippen molar-refractivity contribution in [1.82, 2.24) is 5.32 Å². The number of hydrogen-bond acceptors (Lipinski definition) is 5. The van der Waals surface area contributed by atoms with Crippen molar-refractivity contribution in [3.05, 3.63) is 42.4 Å². The van der Waals surface area contributed by atoms with E-state index in [2.05, 4.69) is 10.6 Å². The molecule has 2 amide bonds. The molecule has 0 unspecified atom stereocenters. The number of anilines is 1. The third-order valence-electron chi connectivity index (χ3n) is 3.79. The standard InChI is InChI=1S/C18H20N2O5/c1-11(2)16(20-17(21)14-4-3-7-23-14)18(22)19-12-5-6-13-15(10-12)25-9-8-24-13/h3-7,10-11,16H,8-9H2,1-2H3,(H,19,22)(H,20,21)/t16-/m1/s1. The van der Waals surface area contributed by atoms with Gasteiger partial charge in [0.1, 0.15) is 19.3 Å². The number of furan rings is 1. The molecule has 2 heterocycles.